The van der Waals surface area contributed by atoms with Crippen molar-refractivity contribution >= 4 is 17.5 Å². The fraction of sp³-hybridized carbons (Fsp3) is 0. The molecule has 0 aliphatic heterocycles. The summed E-state index contributed by atoms with van der Waals surface area (Å²) >= 11 is 0. The van der Waals surface area contributed by atoms with E-state index in [0.717, 1.165) is 0 Å². The molecular formula is H3BFO4Si. The quantitative estimate of drug-likeness (QED) is 0.351. The van der Waals surface area contributed by atoms with Crippen LogP contribution in [0.5, 0.6) is 0 Å². The minimum Gasteiger partial charge on any atom is -0.366 e. The molecule has 41 valence electrons. The molecule has 3 radical (unpaired) electrons. The molecule has 0 spiro atoms. The Hall–Kier alpha value is 0.0518. The highest BCUT2D eigenvalue weighted by atomic mass is 28.4. The summed E-state index contributed by atoms with van der Waals surface area (Å²) in [6, 6.07) is 0. The molecule has 0 aromatic rings. The topological polar surface area (TPSA) is 69.9 Å². The van der Waals surface area contributed by atoms with E-state index in [2.05, 4.69) is 4.63 Å². The van der Waals surface area contributed by atoms with Crippen LogP contribution in [0.1, 0.15) is 0 Å². The Kier molecular flexibility index (Phi) is 4.49. The normalized spacial score (nSPS) is 10.3. The number of hydrogen-bond donors (Lipinski definition) is 3. The molecule has 7 heavy (non-hydrogen) atoms. The highest BCUT2D eigenvalue weighted by molar-refractivity contribution is 6.48. The van der Waals surface area contributed by atoms with Gasteiger partial charge < -0.3 is 14.4 Å². The van der Waals surface area contributed by atoms with Crippen LogP contribution in [0, 0.1) is 0 Å². The van der Waals surface area contributed by atoms with Crippen LogP contribution in [0.15, 0.2) is 0 Å². The lowest BCUT2D eigenvalue weighted by atomic mass is 10.8. The van der Waals surface area contributed by atoms with Gasteiger partial charge in [0.15, 0.2) is 0 Å². The average molecular weight is 125 g/mol. The van der Waals surface area contributed by atoms with Crippen molar-refractivity contribution in [2.75, 3.05) is 0 Å². The molecule has 0 unspecified atom stereocenters. The van der Waals surface area contributed by atoms with E-state index in [-0.39, 0.29) is 8.41 Å². The van der Waals surface area contributed by atoms with Gasteiger partial charge in [-0.25, -0.2) is 0 Å². The SMILES string of the molecule is O[Si](O)(O)OF.[B]. The van der Waals surface area contributed by atoms with Crippen molar-refractivity contribution in [2.24, 2.45) is 0 Å². The van der Waals surface area contributed by atoms with Crippen LogP contribution < -0.4 is 0 Å². The largest absolute Gasteiger partial charge is 0.703 e. The molecular weight excluding hydrogens is 122 g/mol. The predicted molar refractivity (Wildman–Crippen MR) is 20.4 cm³/mol. The fourth-order valence-corrected chi connectivity index (χ4v) is 0. The van der Waals surface area contributed by atoms with Crippen molar-refractivity contribution in [2.45, 2.75) is 0 Å². The second kappa shape index (κ2) is 3.11. The van der Waals surface area contributed by atoms with Crippen molar-refractivity contribution < 1.29 is 23.5 Å². The van der Waals surface area contributed by atoms with Gasteiger partial charge in [0.05, 0.1) is 0 Å². The molecule has 0 amide bonds. The van der Waals surface area contributed by atoms with E-state index >= 15 is 0 Å². The first-order valence-corrected chi connectivity index (χ1v) is 2.78. The zero-order valence-corrected chi connectivity index (χ0v) is 4.21. The molecule has 0 aliphatic rings. The van der Waals surface area contributed by atoms with E-state index in [0.29, 0.717) is 0 Å². The maximum atomic E-state index is 10.3. The maximum Gasteiger partial charge on any atom is 0.703 e. The summed E-state index contributed by atoms with van der Waals surface area (Å²) in [5, 5.41) is 0. The van der Waals surface area contributed by atoms with Gasteiger partial charge in [-0.2, -0.15) is 4.63 Å². The number of halogens is 1. The molecule has 0 aliphatic carbocycles. The summed E-state index contributed by atoms with van der Waals surface area (Å²) in [4.78, 5) is 22.4. The standard InChI is InChI=1S/B.FH3O4Si/c;1-5-6(2,3)4/h;2-4H. The minimum absolute atomic E-state index is 0. The van der Waals surface area contributed by atoms with Crippen molar-refractivity contribution in [3.8, 4) is 0 Å². The fourth-order valence-electron chi connectivity index (χ4n) is 0. The third-order valence-electron chi connectivity index (χ3n) is 0.104. The van der Waals surface area contributed by atoms with E-state index in [9.17, 15) is 4.53 Å². The second-order valence-corrected chi connectivity index (χ2v) is 1.95. The first-order valence-electron chi connectivity index (χ1n) is 1.03. The Balaban J connectivity index is 0. The molecule has 0 bridgehead atoms. The molecule has 0 rings (SSSR count). The Morgan fingerprint density at radius 1 is 1.29 bits per heavy atom. The van der Waals surface area contributed by atoms with E-state index in [4.69, 9.17) is 14.4 Å². The molecule has 0 saturated heterocycles. The van der Waals surface area contributed by atoms with E-state index in [1.54, 1.807) is 0 Å². The van der Waals surface area contributed by atoms with Gasteiger partial charge in [0.1, 0.15) is 0 Å². The van der Waals surface area contributed by atoms with Crippen LogP contribution in [-0.4, -0.2) is 31.8 Å². The first-order chi connectivity index (χ1) is 2.56. The van der Waals surface area contributed by atoms with Crippen LogP contribution >= 0.6 is 0 Å². The molecule has 0 heterocycles. The van der Waals surface area contributed by atoms with E-state index in [1.807, 2.05) is 0 Å². The molecule has 4 nitrogen and oxygen atoms in total. The van der Waals surface area contributed by atoms with E-state index < -0.39 is 9.05 Å². The van der Waals surface area contributed by atoms with Gasteiger partial charge in [0.2, 0.25) is 0 Å². The summed E-state index contributed by atoms with van der Waals surface area (Å²) in [7, 11) is -4.80. The maximum absolute atomic E-state index is 10.3. The molecule has 0 fully saturated rings. The number of hydrogen-bond acceptors (Lipinski definition) is 4. The monoisotopic (exact) mass is 125 g/mol. The molecule has 0 aromatic heterocycles. The number of rotatable bonds is 1. The summed E-state index contributed by atoms with van der Waals surface area (Å²) in [6.45, 7) is 0. The first kappa shape index (κ1) is 10.1. The Morgan fingerprint density at radius 3 is 1.43 bits per heavy atom. The van der Waals surface area contributed by atoms with Gasteiger partial charge in [-0.1, -0.05) is 4.53 Å². The Bertz CT molecular complexity index is 41.4. The second-order valence-electron chi connectivity index (χ2n) is 0.651. The van der Waals surface area contributed by atoms with Gasteiger partial charge in [0.25, 0.3) is 0 Å². The predicted octanol–water partition coefficient (Wildman–Crippen LogP) is -2.08. The summed E-state index contributed by atoms with van der Waals surface area (Å²) in [6.07, 6.45) is 0. The Morgan fingerprint density at radius 2 is 1.43 bits per heavy atom. The smallest absolute Gasteiger partial charge is 0.366 e. The van der Waals surface area contributed by atoms with Gasteiger partial charge in [-0.05, 0) is 0 Å². The van der Waals surface area contributed by atoms with Crippen molar-refractivity contribution in [1.82, 2.24) is 0 Å². The third-order valence-corrected chi connectivity index (χ3v) is 0.311. The third kappa shape index (κ3) is 10.7. The van der Waals surface area contributed by atoms with Gasteiger partial charge in [-0.3, -0.25) is 0 Å². The molecule has 7 heteroatoms. The average Bonchev–Trinajstić information content (AvgIpc) is 1.35. The summed E-state index contributed by atoms with van der Waals surface area (Å²) in [5.41, 5.74) is 0. The van der Waals surface area contributed by atoms with Crippen molar-refractivity contribution in [1.29, 1.82) is 0 Å². The van der Waals surface area contributed by atoms with E-state index in [1.165, 1.54) is 0 Å². The highest BCUT2D eigenvalue weighted by Gasteiger charge is 2.31. The summed E-state index contributed by atoms with van der Waals surface area (Å²) in [5.74, 6) is 0. The van der Waals surface area contributed by atoms with Crippen molar-refractivity contribution in [3.05, 3.63) is 0 Å². The lowest BCUT2D eigenvalue weighted by Gasteiger charge is -1.96. The van der Waals surface area contributed by atoms with Crippen LogP contribution in [0.2, 0.25) is 0 Å². The van der Waals surface area contributed by atoms with Crippen LogP contribution in [0.3, 0.4) is 0 Å². The molecule has 0 aromatic carbocycles. The zero-order chi connectivity index (χ0) is 5.21. The van der Waals surface area contributed by atoms with Crippen LogP contribution in [0.4, 0.5) is 4.53 Å². The minimum atomic E-state index is -4.80. The molecule has 0 atom stereocenters. The lowest BCUT2D eigenvalue weighted by molar-refractivity contribution is -0.111. The lowest BCUT2D eigenvalue weighted by Crippen LogP contribution is -2.35. The van der Waals surface area contributed by atoms with Gasteiger partial charge >= 0.3 is 9.05 Å². The van der Waals surface area contributed by atoms with Crippen molar-refractivity contribution in [3.63, 3.8) is 0 Å². The van der Waals surface area contributed by atoms with Gasteiger partial charge in [-0.15, -0.1) is 0 Å². The highest BCUT2D eigenvalue weighted by Crippen LogP contribution is 1.85. The van der Waals surface area contributed by atoms with Gasteiger partial charge in [0, 0.05) is 8.41 Å². The van der Waals surface area contributed by atoms with Crippen LogP contribution in [-0.2, 0) is 4.63 Å². The summed E-state index contributed by atoms with van der Waals surface area (Å²) < 4.78 is 12.6. The van der Waals surface area contributed by atoms with Crippen LogP contribution in [0.25, 0.3) is 0 Å². The zero-order valence-electron chi connectivity index (χ0n) is 3.21. The molecule has 0 saturated carbocycles. The molecule has 3 N–H and O–H groups in total. The Labute approximate surface area is 42.1 Å².